The Morgan fingerprint density at radius 2 is 1.66 bits per heavy atom. The van der Waals surface area contributed by atoms with Crippen LogP contribution in [0.2, 0.25) is 0 Å². The summed E-state index contributed by atoms with van der Waals surface area (Å²) in [7, 11) is 0. The molecule has 0 aliphatic carbocycles. The largest absolute Gasteiger partial charge is 0.462 e. The van der Waals surface area contributed by atoms with Gasteiger partial charge in [-0.2, -0.15) is 0 Å². The molecule has 0 aliphatic heterocycles. The highest BCUT2D eigenvalue weighted by molar-refractivity contribution is 8.01. The molecule has 166 valence electrons. The first-order chi connectivity index (χ1) is 15.3. The topological polar surface area (TPSA) is 110 Å². The number of carbonyl (C=O) groups excluding carboxylic acids is 3. The fraction of sp³-hybridized carbons (Fsp3) is 0.227. The van der Waals surface area contributed by atoms with E-state index >= 15 is 0 Å². The van der Waals surface area contributed by atoms with Crippen LogP contribution in [0.25, 0.3) is 0 Å². The summed E-state index contributed by atoms with van der Waals surface area (Å²) in [6.45, 7) is 5.91. The maximum Gasteiger partial charge on any atom is 0.338 e. The maximum absolute atomic E-state index is 12.4. The molecule has 0 atom stereocenters. The summed E-state index contributed by atoms with van der Waals surface area (Å²) in [6.07, 6.45) is 0. The summed E-state index contributed by atoms with van der Waals surface area (Å²) in [6, 6.07) is 12.1. The van der Waals surface area contributed by atoms with Crippen LogP contribution in [0.15, 0.2) is 46.8 Å². The van der Waals surface area contributed by atoms with Crippen molar-refractivity contribution in [1.29, 1.82) is 0 Å². The fourth-order valence-electron chi connectivity index (χ4n) is 2.82. The zero-order valence-corrected chi connectivity index (χ0v) is 19.4. The Hall–Kier alpha value is -3.24. The van der Waals surface area contributed by atoms with Gasteiger partial charge >= 0.3 is 5.97 Å². The Morgan fingerprint density at radius 3 is 2.31 bits per heavy atom. The molecule has 3 rings (SSSR count). The molecule has 0 saturated carbocycles. The first kappa shape index (κ1) is 23.4. The van der Waals surface area contributed by atoms with Crippen molar-refractivity contribution in [3.63, 3.8) is 0 Å². The predicted molar refractivity (Wildman–Crippen MR) is 126 cm³/mol. The van der Waals surface area contributed by atoms with E-state index in [4.69, 9.17) is 4.74 Å². The minimum absolute atomic E-state index is 0.124. The number of ether oxygens (including phenoxy) is 1. The van der Waals surface area contributed by atoms with Crippen molar-refractivity contribution in [2.75, 3.05) is 23.0 Å². The summed E-state index contributed by atoms with van der Waals surface area (Å²) < 4.78 is 5.49. The van der Waals surface area contributed by atoms with Gasteiger partial charge in [0.05, 0.1) is 17.9 Å². The van der Waals surface area contributed by atoms with Crippen molar-refractivity contribution in [1.82, 2.24) is 10.2 Å². The average Bonchev–Trinajstić information content (AvgIpc) is 3.19. The smallest absolute Gasteiger partial charge is 0.338 e. The number of anilines is 2. The molecule has 8 nitrogen and oxygen atoms in total. The van der Waals surface area contributed by atoms with E-state index in [1.165, 1.54) is 23.1 Å². The van der Waals surface area contributed by atoms with E-state index in [0.29, 0.717) is 32.9 Å². The van der Waals surface area contributed by atoms with Crippen molar-refractivity contribution >= 4 is 51.7 Å². The number of esters is 1. The highest BCUT2D eigenvalue weighted by Gasteiger charge is 2.13. The Balaban J connectivity index is 1.49. The molecule has 0 spiro atoms. The Bertz CT molecular complexity index is 1110. The lowest BCUT2D eigenvalue weighted by Crippen LogP contribution is -2.14. The van der Waals surface area contributed by atoms with Gasteiger partial charge < -0.3 is 10.1 Å². The first-order valence-corrected chi connectivity index (χ1v) is 11.6. The molecule has 0 unspecified atom stereocenters. The van der Waals surface area contributed by atoms with E-state index in [0.717, 1.165) is 11.1 Å². The van der Waals surface area contributed by atoms with Crippen LogP contribution in [0.5, 0.6) is 0 Å². The van der Waals surface area contributed by atoms with Gasteiger partial charge in [-0.3, -0.25) is 14.9 Å². The van der Waals surface area contributed by atoms with E-state index in [2.05, 4.69) is 20.8 Å². The number of amides is 2. The van der Waals surface area contributed by atoms with Crippen molar-refractivity contribution in [2.45, 2.75) is 25.1 Å². The third kappa shape index (κ3) is 6.63. The number of carbonyl (C=O) groups is 3. The van der Waals surface area contributed by atoms with Gasteiger partial charge in [0.1, 0.15) is 0 Å². The summed E-state index contributed by atoms with van der Waals surface area (Å²) in [4.78, 5) is 36.3. The second-order valence-electron chi connectivity index (χ2n) is 6.84. The van der Waals surface area contributed by atoms with Crippen LogP contribution in [0, 0.1) is 13.8 Å². The second-order valence-corrected chi connectivity index (χ2v) is 9.04. The predicted octanol–water partition coefficient (Wildman–Crippen LogP) is 4.31. The lowest BCUT2D eigenvalue weighted by Gasteiger charge is -2.06. The van der Waals surface area contributed by atoms with Gasteiger partial charge in [-0.05, 0) is 57.2 Å². The molecule has 2 N–H and O–H groups in total. The highest BCUT2D eigenvalue weighted by Crippen LogP contribution is 2.26. The molecule has 1 heterocycles. The van der Waals surface area contributed by atoms with Crippen molar-refractivity contribution in [3.05, 3.63) is 64.7 Å². The Morgan fingerprint density at radius 1 is 0.969 bits per heavy atom. The van der Waals surface area contributed by atoms with E-state index in [9.17, 15) is 14.4 Å². The lowest BCUT2D eigenvalue weighted by molar-refractivity contribution is -0.113. The minimum atomic E-state index is -0.405. The summed E-state index contributed by atoms with van der Waals surface area (Å²) in [5.41, 5.74) is 3.56. The Labute approximate surface area is 193 Å². The number of benzene rings is 2. The molecule has 0 radical (unpaired) electrons. The molecule has 1 aromatic heterocycles. The lowest BCUT2D eigenvalue weighted by atomic mass is 10.1. The maximum atomic E-state index is 12.4. The first-order valence-electron chi connectivity index (χ1n) is 9.77. The van der Waals surface area contributed by atoms with Crippen LogP contribution in [-0.4, -0.2) is 40.3 Å². The SMILES string of the molecule is CCOC(=O)c1ccc(NC(=O)CSc2nnc(NC(=O)c3cc(C)cc(C)c3)s2)cc1. The molecule has 32 heavy (non-hydrogen) atoms. The number of thioether (sulfide) groups is 1. The van der Waals surface area contributed by atoms with Crippen LogP contribution >= 0.6 is 23.1 Å². The van der Waals surface area contributed by atoms with Crippen LogP contribution < -0.4 is 10.6 Å². The number of aromatic nitrogens is 2. The fourth-order valence-corrected chi connectivity index (χ4v) is 4.37. The number of nitrogens with one attached hydrogen (secondary N) is 2. The van der Waals surface area contributed by atoms with Gasteiger partial charge in [0, 0.05) is 11.3 Å². The van der Waals surface area contributed by atoms with E-state index in [1.54, 1.807) is 31.2 Å². The number of hydrogen-bond acceptors (Lipinski definition) is 8. The normalized spacial score (nSPS) is 10.5. The monoisotopic (exact) mass is 470 g/mol. The van der Waals surface area contributed by atoms with E-state index in [1.807, 2.05) is 32.0 Å². The molecule has 0 bridgehead atoms. The van der Waals surface area contributed by atoms with Gasteiger partial charge in [-0.25, -0.2) is 4.79 Å². The molecule has 0 aliphatic rings. The molecule has 0 saturated heterocycles. The number of nitrogens with zero attached hydrogens (tertiary/aromatic N) is 2. The molecular formula is C22H22N4O4S2. The molecular weight excluding hydrogens is 448 g/mol. The van der Waals surface area contributed by atoms with Crippen LogP contribution in [0.4, 0.5) is 10.8 Å². The molecule has 0 fully saturated rings. The van der Waals surface area contributed by atoms with E-state index < -0.39 is 5.97 Å². The summed E-state index contributed by atoms with van der Waals surface area (Å²) >= 11 is 2.42. The van der Waals surface area contributed by atoms with Gasteiger partial charge in [-0.1, -0.05) is 40.3 Å². The number of rotatable bonds is 8. The van der Waals surface area contributed by atoms with Gasteiger partial charge in [0.25, 0.3) is 5.91 Å². The van der Waals surface area contributed by atoms with Gasteiger partial charge in [0.15, 0.2) is 4.34 Å². The van der Waals surface area contributed by atoms with E-state index in [-0.39, 0.29) is 17.6 Å². The molecule has 3 aromatic rings. The van der Waals surface area contributed by atoms with Gasteiger partial charge in [0.2, 0.25) is 11.0 Å². The summed E-state index contributed by atoms with van der Waals surface area (Å²) in [5.74, 6) is -0.764. The highest BCUT2D eigenvalue weighted by atomic mass is 32.2. The molecule has 2 amide bonds. The summed E-state index contributed by atoms with van der Waals surface area (Å²) in [5, 5.41) is 13.8. The minimum Gasteiger partial charge on any atom is -0.462 e. The van der Waals surface area contributed by atoms with Crippen LogP contribution in [0.1, 0.15) is 38.8 Å². The standard InChI is InChI=1S/C22H22N4O4S2/c1-4-30-20(29)15-5-7-17(8-6-15)23-18(27)12-31-22-26-25-21(32-22)24-19(28)16-10-13(2)9-14(3)11-16/h5-11H,4,12H2,1-3H3,(H,23,27)(H,24,25,28). The van der Waals surface area contributed by atoms with Gasteiger partial charge in [-0.15, -0.1) is 10.2 Å². The second kappa shape index (κ2) is 10.9. The third-order valence-electron chi connectivity index (χ3n) is 4.12. The Kier molecular flexibility index (Phi) is 7.96. The van der Waals surface area contributed by atoms with Crippen molar-refractivity contribution < 1.29 is 19.1 Å². The molecule has 2 aromatic carbocycles. The number of hydrogen-bond donors (Lipinski definition) is 2. The van der Waals surface area contributed by atoms with Crippen molar-refractivity contribution in [3.8, 4) is 0 Å². The van der Waals surface area contributed by atoms with Crippen molar-refractivity contribution in [2.24, 2.45) is 0 Å². The van der Waals surface area contributed by atoms with Crippen LogP contribution in [0.3, 0.4) is 0 Å². The van der Waals surface area contributed by atoms with Crippen LogP contribution in [-0.2, 0) is 9.53 Å². The quantitative estimate of drug-likeness (QED) is 0.287. The third-order valence-corrected chi connectivity index (χ3v) is 6.09. The number of aryl methyl sites for hydroxylation is 2. The zero-order chi connectivity index (χ0) is 23.1. The molecule has 10 heteroatoms. The average molecular weight is 471 g/mol. The zero-order valence-electron chi connectivity index (χ0n) is 17.8.